The molecule has 2 N–H and O–H groups in total. The first kappa shape index (κ1) is 11.0. The maximum absolute atomic E-state index is 6.02. The van der Waals surface area contributed by atoms with Gasteiger partial charge in [-0.25, -0.2) is 0 Å². The summed E-state index contributed by atoms with van der Waals surface area (Å²) in [5, 5.41) is 0.810. The molecule has 0 amide bonds. The average Bonchev–Trinajstić information content (AvgIpc) is 2.13. The minimum atomic E-state index is 0.175. The normalized spacial score (nSPS) is 22.1. The van der Waals surface area contributed by atoms with Crippen LogP contribution in [0.15, 0.2) is 24.3 Å². The summed E-state index contributed by atoms with van der Waals surface area (Å²) in [5.74, 6) is 0. The van der Waals surface area contributed by atoms with Crippen LogP contribution in [0.3, 0.4) is 0 Å². The smallest absolute Gasteiger partial charge is 0.0408 e. The summed E-state index contributed by atoms with van der Waals surface area (Å²) in [6.45, 7) is 5.31. The van der Waals surface area contributed by atoms with Crippen molar-refractivity contribution in [3.8, 4) is 0 Å². The van der Waals surface area contributed by atoms with E-state index in [-0.39, 0.29) is 5.41 Å². The van der Waals surface area contributed by atoms with Gasteiger partial charge in [0.2, 0.25) is 0 Å². The van der Waals surface area contributed by atoms with E-state index in [1.807, 2.05) is 12.1 Å². The number of halogens is 1. The van der Waals surface area contributed by atoms with Crippen LogP contribution in [-0.2, 0) is 5.41 Å². The summed E-state index contributed by atoms with van der Waals surface area (Å²) in [4.78, 5) is 0. The second kappa shape index (κ2) is 3.50. The molecule has 0 aromatic heterocycles. The summed E-state index contributed by atoms with van der Waals surface area (Å²) in [5.41, 5.74) is 7.84. The van der Waals surface area contributed by atoms with Gasteiger partial charge in [0.25, 0.3) is 0 Å². The van der Waals surface area contributed by atoms with E-state index in [0.29, 0.717) is 5.41 Å². The molecular weight excluding hydrogens is 206 g/mol. The molecule has 82 valence electrons. The lowest BCUT2D eigenvalue weighted by atomic mass is 9.52. The van der Waals surface area contributed by atoms with Crippen LogP contribution in [0.4, 0.5) is 0 Å². The Bertz CT molecular complexity index is 363. The number of hydrogen-bond acceptors (Lipinski definition) is 1. The lowest BCUT2D eigenvalue weighted by molar-refractivity contribution is 0.0634. The summed E-state index contributed by atoms with van der Waals surface area (Å²) in [7, 11) is 0. The summed E-state index contributed by atoms with van der Waals surface area (Å²) >= 11 is 6.02. The van der Waals surface area contributed by atoms with Crippen molar-refractivity contribution in [2.45, 2.75) is 32.1 Å². The summed E-state index contributed by atoms with van der Waals surface area (Å²) < 4.78 is 0. The second-order valence-electron chi connectivity index (χ2n) is 5.51. The van der Waals surface area contributed by atoms with Crippen molar-refractivity contribution >= 4 is 11.6 Å². The summed E-state index contributed by atoms with van der Waals surface area (Å²) in [6, 6.07) is 8.14. The molecule has 1 aliphatic rings. The third kappa shape index (κ3) is 1.91. The van der Waals surface area contributed by atoms with Gasteiger partial charge < -0.3 is 5.73 Å². The van der Waals surface area contributed by atoms with Gasteiger partial charge in [-0.05, 0) is 36.0 Å². The molecule has 15 heavy (non-hydrogen) atoms. The molecule has 0 saturated heterocycles. The molecule has 1 aromatic carbocycles. The monoisotopic (exact) mass is 223 g/mol. The molecule has 0 bridgehead atoms. The van der Waals surface area contributed by atoms with E-state index >= 15 is 0 Å². The van der Waals surface area contributed by atoms with Crippen molar-refractivity contribution in [2.75, 3.05) is 6.54 Å². The van der Waals surface area contributed by atoms with E-state index in [2.05, 4.69) is 26.0 Å². The zero-order chi connectivity index (χ0) is 11.1. The second-order valence-corrected chi connectivity index (χ2v) is 5.95. The zero-order valence-corrected chi connectivity index (χ0v) is 10.1. The Morgan fingerprint density at radius 3 is 2.47 bits per heavy atom. The van der Waals surface area contributed by atoms with E-state index in [1.165, 1.54) is 5.56 Å². The molecule has 1 saturated carbocycles. The Kier molecular flexibility index (Phi) is 2.56. The Morgan fingerprint density at radius 2 is 2.00 bits per heavy atom. The van der Waals surface area contributed by atoms with E-state index in [4.69, 9.17) is 17.3 Å². The third-order valence-corrected chi connectivity index (χ3v) is 3.70. The van der Waals surface area contributed by atoms with Gasteiger partial charge in [0.15, 0.2) is 0 Å². The van der Waals surface area contributed by atoms with Gasteiger partial charge in [-0.15, -0.1) is 0 Å². The van der Waals surface area contributed by atoms with E-state index < -0.39 is 0 Å². The van der Waals surface area contributed by atoms with Crippen LogP contribution in [-0.4, -0.2) is 6.54 Å². The molecule has 1 fully saturated rings. The van der Waals surface area contributed by atoms with Gasteiger partial charge >= 0.3 is 0 Å². The molecule has 2 rings (SSSR count). The zero-order valence-electron chi connectivity index (χ0n) is 9.39. The van der Waals surface area contributed by atoms with Gasteiger partial charge in [0, 0.05) is 17.0 Å². The molecule has 2 heteroatoms. The average molecular weight is 224 g/mol. The van der Waals surface area contributed by atoms with Gasteiger partial charge in [-0.2, -0.15) is 0 Å². The highest BCUT2D eigenvalue weighted by Gasteiger charge is 2.49. The number of rotatable bonds is 2. The van der Waals surface area contributed by atoms with Gasteiger partial charge in [0.1, 0.15) is 0 Å². The largest absolute Gasteiger partial charge is 0.330 e. The molecule has 0 aliphatic heterocycles. The maximum atomic E-state index is 6.02. The minimum absolute atomic E-state index is 0.175. The van der Waals surface area contributed by atoms with Crippen LogP contribution in [0, 0.1) is 5.41 Å². The van der Waals surface area contributed by atoms with Crippen molar-refractivity contribution in [2.24, 2.45) is 11.1 Å². The van der Waals surface area contributed by atoms with Gasteiger partial charge in [0.05, 0.1) is 0 Å². The fraction of sp³-hybridized carbons (Fsp3) is 0.538. The van der Waals surface area contributed by atoms with Crippen LogP contribution < -0.4 is 5.73 Å². The maximum Gasteiger partial charge on any atom is 0.0408 e. The molecule has 0 spiro atoms. The predicted octanol–water partition coefficient (Wildman–Crippen LogP) is 3.36. The topological polar surface area (TPSA) is 26.0 Å². The van der Waals surface area contributed by atoms with Crippen molar-refractivity contribution in [3.05, 3.63) is 34.9 Å². The van der Waals surface area contributed by atoms with Crippen LogP contribution in [0.5, 0.6) is 0 Å². The SMILES string of the molecule is CC1(C)CC(CN)(c2cccc(Cl)c2)C1. The lowest BCUT2D eigenvalue weighted by Gasteiger charge is -2.53. The molecule has 0 unspecified atom stereocenters. The molecular formula is C13H18ClN. The lowest BCUT2D eigenvalue weighted by Crippen LogP contribution is -2.51. The van der Waals surface area contributed by atoms with Crippen molar-refractivity contribution in [3.63, 3.8) is 0 Å². The van der Waals surface area contributed by atoms with E-state index in [9.17, 15) is 0 Å². The fourth-order valence-electron chi connectivity index (χ4n) is 3.06. The number of hydrogen-bond donors (Lipinski definition) is 1. The third-order valence-electron chi connectivity index (χ3n) is 3.46. The Balaban J connectivity index is 2.29. The molecule has 0 heterocycles. The quantitative estimate of drug-likeness (QED) is 0.818. The Morgan fingerprint density at radius 1 is 1.33 bits per heavy atom. The fourth-order valence-corrected chi connectivity index (χ4v) is 3.26. The first-order chi connectivity index (χ1) is 6.97. The van der Waals surface area contributed by atoms with Crippen LogP contribution >= 0.6 is 11.6 Å². The Hall–Kier alpha value is -0.530. The van der Waals surface area contributed by atoms with E-state index in [1.54, 1.807) is 0 Å². The van der Waals surface area contributed by atoms with Crippen LogP contribution in [0.2, 0.25) is 5.02 Å². The van der Waals surface area contributed by atoms with Crippen LogP contribution in [0.25, 0.3) is 0 Å². The molecule has 0 atom stereocenters. The molecule has 0 radical (unpaired) electrons. The van der Waals surface area contributed by atoms with Gasteiger partial charge in [-0.1, -0.05) is 37.6 Å². The molecule has 1 aliphatic carbocycles. The highest BCUT2D eigenvalue weighted by molar-refractivity contribution is 6.30. The van der Waals surface area contributed by atoms with Crippen LogP contribution in [0.1, 0.15) is 32.3 Å². The van der Waals surface area contributed by atoms with Crippen molar-refractivity contribution < 1.29 is 0 Å². The first-order valence-corrected chi connectivity index (χ1v) is 5.81. The van der Waals surface area contributed by atoms with Gasteiger partial charge in [-0.3, -0.25) is 0 Å². The standard InChI is InChI=1S/C13H18ClN/c1-12(2)7-13(8-12,9-15)10-4-3-5-11(14)6-10/h3-6H,7-9,15H2,1-2H3. The van der Waals surface area contributed by atoms with Crippen molar-refractivity contribution in [1.29, 1.82) is 0 Å². The highest BCUT2D eigenvalue weighted by Crippen LogP contribution is 2.54. The molecule has 1 aromatic rings. The number of nitrogens with two attached hydrogens (primary N) is 1. The molecule has 1 nitrogen and oxygen atoms in total. The van der Waals surface area contributed by atoms with E-state index in [0.717, 1.165) is 24.4 Å². The minimum Gasteiger partial charge on any atom is -0.330 e. The highest BCUT2D eigenvalue weighted by atomic mass is 35.5. The predicted molar refractivity (Wildman–Crippen MR) is 65.2 cm³/mol. The first-order valence-electron chi connectivity index (χ1n) is 5.44. The summed E-state index contributed by atoms with van der Waals surface area (Å²) in [6.07, 6.45) is 2.33. The Labute approximate surface area is 96.6 Å². The number of benzene rings is 1. The van der Waals surface area contributed by atoms with Crippen molar-refractivity contribution in [1.82, 2.24) is 0 Å².